The van der Waals surface area contributed by atoms with Gasteiger partial charge in [-0.05, 0) is 30.7 Å². The quantitative estimate of drug-likeness (QED) is 0.347. The minimum atomic E-state index is -0.994. The molecule has 13 heteroatoms. The second-order valence-electron chi connectivity index (χ2n) is 8.95. The maximum absolute atomic E-state index is 16.1. The maximum Gasteiger partial charge on any atom is 0.257 e. The van der Waals surface area contributed by atoms with E-state index in [9.17, 15) is 23.9 Å². The fourth-order valence-electron chi connectivity index (χ4n) is 4.65. The maximum atomic E-state index is 16.1. The second-order valence-corrected chi connectivity index (χ2v) is 10.4. The Balaban J connectivity index is 1.65. The van der Waals surface area contributed by atoms with E-state index in [1.165, 1.54) is 24.3 Å². The Kier molecular flexibility index (Phi) is 7.41. The summed E-state index contributed by atoms with van der Waals surface area (Å²) in [5.74, 6) is -2.64. The van der Waals surface area contributed by atoms with Crippen LogP contribution in [0, 0.1) is 11.6 Å². The third kappa shape index (κ3) is 5.01. The van der Waals surface area contributed by atoms with Crippen LogP contribution in [0.1, 0.15) is 6.42 Å². The van der Waals surface area contributed by atoms with Gasteiger partial charge in [-0.1, -0.05) is 36.0 Å². The topological polar surface area (TPSA) is 116 Å². The van der Waals surface area contributed by atoms with Crippen molar-refractivity contribution < 1.29 is 28.3 Å². The summed E-state index contributed by atoms with van der Waals surface area (Å²) in [4.78, 5) is 48.7. The van der Waals surface area contributed by atoms with Gasteiger partial charge in [0, 0.05) is 42.9 Å². The van der Waals surface area contributed by atoms with E-state index in [1.54, 1.807) is 4.90 Å². The molecular weight excluding hydrogens is 552 g/mol. The highest BCUT2D eigenvalue weighted by Crippen LogP contribution is 2.42. The standard InChI is InChI=1S/C26H22ClF2N5O4S/c1-2-18(36)33-7-9-34(10-8-33)24-13-12-14(27)19(20-15(28)4-3-5-17(20)35)21(29)22(13)31-26(32-24)30-16-6-11-39-25(38)23(16)37/h2-5,12,16,35H,1,6-11H2,(H,30,31,32). The van der Waals surface area contributed by atoms with E-state index < -0.39 is 39.9 Å². The molecule has 9 nitrogen and oxygen atoms in total. The summed E-state index contributed by atoms with van der Waals surface area (Å²) >= 11 is 7.39. The second kappa shape index (κ2) is 10.8. The van der Waals surface area contributed by atoms with Crippen molar-refractivity contribution in [2.75, 3.05) is 42.1 Å². The first-order valence-electron chi connectivity index (χ1n) is 12.0. The number of amides is 1. The van der Waals surface area contributed by atoms with Crippen molar-refractivity contribution >= 4 is 62.8 Å². The Morgan fingerprint density at radius 3 is 2.62 bits per heavy atom. The minimum absolute atomic E-state index is 0.106. The number of carbonyl (C=O) groups is 3. The number of piperazine rings is 1. The molecule has 0 radical (unpaired) electrons. The fraction of sp³-hybridized carbons (Fsp3) is 0.269. The zero-order valence-electron chi connectivity index (χ0n) is 20.4. The van der Waals surface area contributed by atoms with Crippen molar-refractivity contribution in [1.82, 2.24) is 14.9 Å². The van der Waals surface area contributed by atoms with Crippen LogP contribution in [-0.2, 0) is 14.4 Å². The monoisotopic (exact) mass is 573 g/mol. The molecule has 3 aromatic rings. The third-order valence-electron chi connectivity index (χ3n) is 6.63. The SMILES string of the molecule is C=CC(=O)N1CCN(c2nc(NC3CCSC(=O)C3=O)nc3c(F)c(-c4c(O)cccc4F)c(Cl)cc23)CC1. The van der Waals surface area contributed by atoms with Gasteiger partial charge in [0.25, 0.3) is 5.12 Å². The van der Waals surface area contributed by atoms with Crippen LogP contribution in [0.25, 0.3) is 22.0 Å². The molecule has 0 spiro atoms. The number of fused-ring (bicyclic) bond motifs is 1. The van der Waals surface area contributed by atoms with E-state index in [0.717, 1.165) is 17.8 Å². The van der Waals surface area contributed by atoms with E-state index in [4.69, 9.17) is 11.6 Å². The first-order valence-corrected chi connectivity index (χ1v) is 13.4. The Morgan fingerprint density at radius 1 is 1.18 bits per heavy atom. The van der Waals surface area contributed by atoms with Crippen LogP contribution < -0.4 is 10.2 Å². The van der Waals surface area contributed by atoms with Crippen molar-refractivity contribution in [1.29, 1.82) is 0 Å². The normalized spacial score (nSPS) is 18.0. The van der Waals surface area contributed by atoms with Crippen molar-refractivity contribution in [2.24, 2.45) is 0 Å². The number of phenols is 1. The average molecular weight is 574 g/mol. The number of aromatic nitrogens is 2. The van der Waals surface area contributed by atoms with Crippen molar-refractivity contribution in [3.63, 3.8) is 0 Å². The molecule has 0 bridgehead atoms. The molecule has 1 unspecified atom stereocenters. The molecule has 2 aromatic carbocycles. The number of nitrogens with zero attached hydrogens (tertiary/aromatic N) is 4. The molecule has 2 N–H and O–H groups in total. The van der Waals surface area contributed by atoms with Gasteiger partial charge in [0.05, 0.1) is 16.6 Å². The smallest absolute Gasteiger partial charge is 0.257 e. The number of rotatable bonds is 5. The number of Topliss-reactive ketones (excluding diaryl/α,β-unsaturated/α-hetero) is 1. The van der Waals surface area contributed by atoms with E-state index in [1.807, 2.05) is 4.90 Å². The highest BCUT2D eigenvalue weighted by molar-refractivity contribution is 8.15. The number of ketones is 1. The number of thioether (sulfide) groups is 1. The lowest BCUT2D eigenvalue weighted by atomic mass is 10.0. The summed E-state index contributed by atoms with van der Waals surface area (Å²) in [6.45, 7) is 4.90. The lowest BCUT2D eigenvalue weighted by molar-refractivity contribution is -0.132. The molecule has 5 rings (SSSR count). The highest BCUT2D eigenvalue weighted by Gasteiger charge is 2.32. The summed E-state index contributed by atoms with van der Waals surface area (Å²) in [6, 6.07) is 4.07. The summed E-state index contributed by atoms with van der Waals surface area (Å²) in [5, 5.41) is 12.6. The number of halogens is 3. The van der Waals surface area contributed by atoms with Crippen LogP contribution in [0.3, 0.4) is 0 Å². The molecule has 2 saturated heterocycles. The fourth-order valence-corrected chi connectivity index (χ4v) is 5.76. The van der Waals surface area contributed by atoms with Crippen molar-refractivity contribution in [3.05, 3.63) is 53.6 Å². The lowest BCUT2D eigenvalue weighted by Gasteiger charge is -2.35. The number of hydrogen-bond acceptors (Lipinski definition) is 9. The van der Waals surface area contributed by atoms with Gasteiger partial charge < -0.3 is 20.2 Å². The lowest BCUT2D eigenvalue weighted by Crippen LogP contribution is -2.48. The molecule has 202 valence electrons. The number of aromatic hydroxyl groups is 1. The molecule has 0 aliphatic carbocycles. The Labute approximate surface area is 230 Å². The van der Waals surface area contributed by atoms with Crippen LogP contribution in [0.4, 0.5) is 20.5 Å². The zero-order valence-corrected chi connectivity index (χ0v) is 22.0. The molecular formula is C26H22ClF2N5O4S. The van der Waals surface area contributed by atoms with Crippen LogP contribution in [0.5, 0.6) is 5.75 Å². The molecule has 1 aromatic heterocycles. The zero-order chi connectivity index (χ0) is 27.8. The van der Waals surface area contributed by atoms with Crippen molar-refractivity contribution in [3.8, 4) is 16.9 Å². The van der Waals surface area contributed by atoms with Crippen LogP contribution >= 0.6 is 23.4 Å². The first-order chi connectivity index (χ1) is 18.7. The molecule has 1 atom stereocenters. The van der Waals surface area contributed by atoms with Gasteiger partial charge in [0.2, 0.25) is 17.6 Å². The molecule has 39 heavy (non-hydrogen) atoms. The van der Waals surface area contributed by atoms with Gasteiger partial charge in [0.15, 0.2) is 5.82 Å². The van der Waals surface area contributed by atoms with Crippen LogP contribution in [0.2, 0.25) is 5.02 Å². The molecule has 2 aliphatic heterocycles. The highest BCUT2D eigenvalue weighted by atomic mass is 35.5. The van der Waals surface area contributed by atoms with Gasteiger partial charge in [-0.2, -0.15) is 4.98 Å². The van der Waals surface area contributed by atoms with Crippen LogP contribution in [-0.4, -0.2) is 74.8 Å². The van der Waals surface area contributed by atoms with E-state index in [0.29, 0.717) is 38.4 Å². The van der Waals surface area contributed by atoms with Gasteiger partial charge in [-0.15, -0.1) is 0 Å². The molecule has 2 aliphatic rings. The Hall–Kier alpha value is -3.77. The molecule has 1 amide bonds. The van der Waals surface area contributed by atoms with Gasteiger partial charge in [0.1, 0.15) is 22.9 Å². The van der Waals surface area contributed by atoms with Gasteiger partial charge in [-0.25, -0.2) is 13.8 Å². The summed E-state index contributed by atoms with van der Waals surface area (Å²) < 4.78 is 30.9. The summed E-state index contributed by atoms with van der Waals surface area (Å²) in [7, 11) is 0. The number of carbonyl (C=O) groups excluding carboxylic acids is 3. The van der Waals surface area contributed by atoms with E-state index in [-0.39, 0.29) is 39.2 Å². The number of benzene rings is 2. The molecule has 2 fully saturated rings. The Morgan fingerprint density at radius 2 is 1.92 bits per heavy atom. The van der Waals surface area contributed by atoms with E-state index >= 15 is 4.39 Å². The number of anilines is 2. The number of hydrogen-bond donors (Lipinski definition) is 2. The third-order valence-corrected chi connectivity index (χ3v) is 7.83. The van der Waals surface area contributed by atoms with E-state index in [2.05, 4.69) is 21.9 Å². The average Bonchev–Trinajstić information content (AvgIpc) is 2.92. The number of phenolic OH excluding ortho intramolecular Hbond substituents is 1. The first kappa shape index (κ1) is 26.8. The summed E-state index contributed by atoms with van der Waals surface area (Å²) in [6.07, 6.45) is 1.57. The predicted octanol–water partition coefficient (Wildman–Crippen LogP) is 3.78. The predicted molar refractivity (Wildman–Crippen MR) is 145 cm³/mol. The van der Waals surface area contributed by atoms with Crippen LogP contribution in [0.15, 0.2) is 36.9 Å². The summed E-state index contributed by atoms with van der Waals surface area (Å²) in [5.41, 5.74) is -1.02. The molecule has 0 saturated carbocycles. The number of nitrogens with one attached hydrogen (secondary N) is 1. The minimum Gasteiger partial charge on any atom is -0.507 e. The molecule has 3 heterocycles. The Bertz CT molecular complexity index is 1510. The van der Waals surface area contributed by atoms with Gasteiger partial charge >= 0.3 is 0 Å². The van der Waals surface area contributed by atoms with Gasteiger partial charge in [-0.3, -0.25) is 14.4 Å². The largest absolute Gasteiger partial charge is 0.507 e. The van der Waals surface area contributed by atoms with Crippen molar-refractivity contribution in [2.45, 2.75) is 12.5 Å².